The molecule has 0 atom stereocenters. The van der Waals surface area contributed by atoms with Crippen molar-refractivity contribution in [1.82, 2.24) is 0 Å². The third kappa shape index (κ3) is 4.47. The van der Waals surface area contributed by atoms with Gasteiger partial charge in [0.25, 0.3) is 0 Å². The van der Waals surface area contributed by atoms with Gasteiger partial charge in [-0.15, -0.1) is 11.3 Å². The van der Waals surface area contributed by atoms with Crippen molar-refractivity contribution in [2.24, 2.45) is 0 Å². The summed E-state index contributed by atoms with van der Waals surface area (Å²) in [5.74, 6) is 0. The Kier molecular flexibility index (Phi) is 6.39. The Morgan fingerprint density at radius 3 is 1.80 bits per heavy atom. The molecule has 0 aliphatic rings. The second-order valence-corrected chi connectivity index (χ2v) is 13.5. The summed E-state index contributed by atoms with van der Waals surface area (Å²) in [6, 6.07) is 63.2. The summed E-state index contributed by atoms with van der Waals surface area (Å²) < 4.78 is 9.04. The predicted molar refractivity (Wildman–Crippen MR) is 210 cm³/mol. The zero-order chi connectivity index (χ0) is 32.3. The first-order valence-corrected chi connectivity index (χ1v) is 17.4. The maximum Gasteiger partial charge on any atom is 0.137 e. The predicted octanol–water partition coefficient (Wildman–Crippen LogP) is 13.9. The summed E-state index contributed by atoms with van der Waals surface area (Å²) in [5.41, 5.74) is 9.89. The molecule has 49 heavy (non-hydrogen) atoms. The molecule has 0 amide bonds. The van der Waals surface area contributed by atoms with Crippen molar-refractivity contribution in [1.29, 1.82) is 0 Å². The summed E-state index contributed by atoms with van der Waals surface area (Å²) in [6.45, 7) is 0. The molecule has 0 radical (unpaired) electrons. The zero-order valence-electron chi connectivity index (χ0n) is 26.5. The number of anilines is 3. The summed E-state index contributed by atoms with van der Waals surface area (Å²) in [5, 5.41) is 7.18. The molecule has 0 unspecified atom stereocenters. The number of fused-ring (bicyclic) bond motifs is 7. The van der Waals surface area contributed by atoms with E-state index in [1.807, 2.05) is 23.5 Å². The van der Waals surface area contributed by atoms with Crippen LogP contribution in [0.2, 0.25) is 0 Å². The van der Waals surface area contributed by atoms with E-state index in [9.17, 15) is 0 Å². The van der Waals surface area contributed by atoms with Crippen LogP contribution in [0.25, 0.3) is 75.1 Å². The molecule has 2 aromatic heterocycles. The van der Waals surface area contributed by atoms with E-state index in [1.165, 1.54) is 53.2 Å². The van der Waals surface area contributed by atoms with Gasteiger partial charge in [0.05, 0.1) is 16.1 Å². The summed E-state index contributed by atoms with van der Waals surface area (Å²) in [4.78, 5) is 2.48. The first-order chi connectivity index (χ1) is 24.3. The van der Waals surface area contributed by atoms with Crippen molar-refractivity contribution < 1.29 is 4.42 Å². The lowest BCUT2D eigenvalue weighted by atomic mass is 9.95. The Hall–Kier alpha value is -6.16. The first kappa shape index (κ1) is 27.9. The number of rotatable bonds is 5. The van der Waals surface area contributed by atoms with E-state index in [1.54, 1.807) is 0 Å². The topological polar surface area (TPSA) is 16.4 Å². The lowest BCUT2D eigenvalue weighted by molar-refractivity contribution is 0.669. The molecule has 2 nitrogen and oxygen atoms in total. The molecule has 10 rings (SSSR count). The molecule has 0 saturated heterocycles. The number of benzene rings is 8. The van der Waals surface area contributed by atoms with Crippen molar-refractivity contribution >= 4 is 81.3 Å². The minimum Gasteiger partial charge on any atom is -0.456 e. The molecule has 2 heterocycles. The van der Waals surface area contributed by atoms with Crippen LogP contribution >= 0.6 is 11.3 Å². The molecule has 0 saturated carbocycles. The number of hydrogen-bond acceptors (Lipinski definition) is 3. The lowest BCUT2D eigenvalue weighted by Crippen LogP contribution is -2.12. The minimum absolute atomic E-state index is 0.874. The van der Waals surface area contributed by atoms with Gasteiger partial charge in [-0.05, 0) is 52.4 Å². The van der Waals surface area contributed by atoms with E-state index < -0.39 is 0 Å². The van der Waals surface area contributed by atoms with Crippen molar-refractivity contribution in [2.45, 2.75) is 0 Å². The fraction of sp³-hybridized carbons (Fsp3) is 0. The molecule has 230 valence electrons. The van der Waals surface area contributed by atoms with E-state index in [-0.39, 0.29) is 0 Å². The molecule has 0 aliphatic heterocycles. The molecule has 0 spiro atoms. The number of hydrogen-bond donors (Lipinski definition) is 0. The van der Waals surface area contributed by atoms with Gasteiger partial charge in [-0.2, -0.15) is 0 Å². The van der Waals surface area contributed by atoms with Crippen molar-refractivity contribution in [3.8, 4) is 22.3 Å². The number of para-hydroxylation sites is 1. The lowest BCUT2D eigenvalue weighted by Gasteiger charge is -2.30. The minimum atomic E-state index is 0.874. The van der Waals surface area contributed by atoms with Gasteiger partial charge in [0.2, 0.25) is 0 Å². The highest BCUT2D eigenvalue weighted by Gasteiger charge is 2.25. The van der Waals surface area contributed by atoms with Crippen LogP contribution in [0.3, 0.4) is 0 Å². The van der Waals surface area contributed by atoms with Crippen LogP contribution in [-0.4, -0.2) is 0 Å². The molecular formula is C46H29NOS. The maximum atomic E-state index is 6.51. The number of furan rings is 1. The quantitative estimate of drug-likeness (QED) is 0.186. The van der Waals surface area contributed by atoms with Gasteiger partial charge in [-0.25, -0.2) is 0 Å². The van der Waals surface area contributed by atoms with Crippen LogP contribution in [0.4, 0.5) is 17.1 Å². The van der Waals surface area contributed by atoms with Gasteiger partial charge >= 0.3 is 0 Å². The molecule has 8 aromatic carbocycles. The fourth-order valence-electron chi connectivity index (χ4n) is 7.44. The van der Waals surface area contributed by atoms with Crippen molar-refractivity contribution in [3.05, 3.63) is 176 Å². The first-order valence-electron chi connectivity index (χ1n) is 16.6. The molecule has 0 aliphatic carbocycles. The Bertz CT molecular complexity index is 2830. The number of thiophene rings is 1. The highest BCUT2D eigenvalue weighted by atomic mass is 32.1. The van der Waals surface area contributed by atoms with Gasteiger partial charge in [0, 0.05) is 48.9 Å². The molecule has 10 aromatic rings. The van der Waals surface area contributed by atoms with E-state index in [4.69, 9.17) is 4.42 Å². The summed E-state index contributed by atoms with van der Waals surface area (Å²) in [6.07, 6.45) is 0. The Morgan fingerprint density at radius 2 is 1.00 bits per heavy atom. The third-order valence-electron chi connectivity index (χ3n) is 9.68. The highest BCUT2D eigenvalue weighted by molar-refractivity contribution is 7.26. The summed E-state index contributed by atoms with van der Waals surface area (Å²) in [7, 11) is 0. The van der Waals surface area contributed by atoms with Crippen LogP contribution in [-0.2, 0) is 0 Å². The second kappa shape index (κ2) is 11.2. The average molecular weight is 644 g/mol. The second-order valence-electron chi connectivity index (χ2n) is 12.5. The van der Waals surface area contributed by atoms with Gasteiger partial charge < -0.3 is 9.32 Å². The van der Waals surface area contributed by atoms with E-state index in [0.29, 0.717) is 0 Å². The average Bonchev–Trinajstić information content (AvgIpc) is 3.74. The largest absolute Gasteiger partial charge is 0.456 e. The van der Waals surface area contributed by atoms with Crippen LogP contribution < -0.4 is 4.90 Å². The van der Waals surface area contributed by atoms with Crippen molar-refractivity contribution in [3.63, 3.8) is 0 Å². The molecule has 0 N–H and O–H groups in total. The zero-order valence-corrected chi connectivity index (χ0v) is 27.3. The Morgan fingerprint density at radius 1 is 0.408 bits per heavy atom. The highest BCUT2D eigenvalue weighted by Crippen LogP contribution is 2.51. The van der Waals surface area contributed by atoms with Crippen LogP contribution in [0.1, 0.15) is 0 Å². The maximum absolute atomic E-state index is 6.51. The van der Waals surface area contributed by atoms with Crippen molar-refractivity contribution in [2.75, 3.05) is 4.90 Å². The van der Waals surface area contributed by atoms with Gasteiger partial charge in [-0.1, -0.05) is 140 Å². The fourth-order valence-corrected chi connectivity index (χ4v) is 8.68. The van der Waals surface area contributed by atoms with Crippen LogP contribution in [0, 0.1) is 0 Å². The molecular weight excluding hydrogens is 615 g/mol. The molecule has 3 heteroatoms. The van der Waals surface area contributed by atoms with E-state index in [2.05, 4.69) is 169 Å². The van der Waals surface area contributed by atoms with Gasteiger partial charge in [-0.3, -0.25) is 0 Å². The number of nitrogens with zero attached hydrogens (tertiary/aromatic N) is 1. The monoisotopic (exact) mass is 643 g/mol. The van der Waals surface area contributed by atoms with Crippen LogP contribution in [0.15, 0.2) is 180 Å². The standard InChI is InChI=1S/C46H29NOS/c1-3-13-30(14-4-1)33-27-28-41(36-18-8-7-17-35(33)36)47(32-23-24-38-37-19-9-11-21-42(37)48-43(38)29-32)45-34(31-15-5-2-6-16-31)25-26-40-39-20-10-12-22-44(39)49-46(40)45/h1-29H. The van der Waals surface area contributed by atoms with E-state index in [0.717, 1.165) is 39.0 Å². The van der Waals surface area contributed by atoms with Crippen LogP contribution in [0.5, 0.6) is 0 Å². The smallest absolute Gasteiger partial charge is 0.137 e. The normalized spacial score (nSPS) is 11.7. The Labute approximate surface area is 287 Å². The van der Waals surface area contributed by atoms with Gasteiger partial charge in [0.1, 0.15) is 11.2 Å². The third-order valence-corrected chi connectivity index (χ3v) is 10.9. The molecule has 0 fully saturated rings. The SMILES string of the molecule is c1ccc(-c2ccc3c(sc4ccccc43)c2N(c2ccc3c(c2)oc2ccccc23)c2ccc(-c3ccccc3)c3ccccc23)cc1. The van der Waals surface area contributed by atoms with Gasteiger partial charge in [0.15, 0.2) is 0 Å². The molecule has 0 bridgehead atoms. The Balaban J connectivity index is 1.34. The van der Waals surface area contributed by atoms with E-state index >= 15 is 0 Å². The summed E-state index contributed by atoms with van der Waals surface area (Å²) >= 11 is 1.86.